The molecule has 0 bridgehead atoms. The van der Waals surface area contributed by atoms with Crippen molar-refractivity contribution in [2.45, 2.75) is 38.7 Å². The predicted molar refractivity (Wildman–Crippen MR) is 73.9 cm³/mol. The molecule has 0 spiro atoms. The molecule has 0 amide bonds. The third-order valence-electron chi connectivity index (χ3n) is 3.58. The molecule has 1 aromatic rings. The predicted octanol–water partition coefficient (Wildman–Crippen LogP) is 2.63. The topological polar surface area (TPSA) is 91.6 Å². The lowest BCUT2D eigenvalue weighted by atomic mass is 9.87. The van der Waals surface area contributed by atoms with E-state index in [2.05, 4.69) is 4.98 Å². The molecule has 0 radical (unpaired) electrons. The highest BCUT2D eigenvalue weighted by Crippen LogP contribution is 2.29. The molecule has 22 heavy (non-hydrogen) atoms. The number of pyridine rings is 1. The highest BCUT2D eigenvalue weighted by Gasteiger charge is 2.29. The minimum atomic E-state index is -0.860. The molecule has 0 atom stereocenters. The second-order valence-corrected chi connectivity index (χ2v) is 5.08. The fourth-order valence-electron chi connectivity index (χ4n) is 2.44. The number of aromatic nitrogens is 1. The minimum Gasteiger partial charge on any atom is -0.472 e. The third kappa shape index (κ3) is 3.90. The Bertz CT molecular complexity index is 558. The first-order chi connectivity index (χ1) is 10.5. The number of hydrogen-bond donors (Lipinski definition) is 0. The number of nitrogens with zero attached hydrogens (tertiary/aromatic N) is 2. The van der Waals surface area contributed by atoms with Gasteiger partial charge in [-0.1, -0.05) is 0 Å². The molecule has 0 unspecified atom stereocenters. The Morgan fingerprint density at radius 2 is 2.14 bits per heavy atom. The lowest BCUT2D eigenvalue weighted by molar-refractivity contribution is -0.385. The van der Waals surface area contributed by atoms with E-state index in [-0.39, 0.29) is 23.9 Å². The number of hydrogen-bond acceptors (Lipinski definition) is 6. The number of esters is 1. The molecule has 1 saturated carbocycles. The lowest BCUT2D eigenvalue weighted by Crippen LogP contribution is -2.29. The molecular weight excluding hydrogens is 295 g/mol. The van der Waals surface area contributed by atoms with Gasteiger partial charge in [0.25, 0.3) is 11.6 Å². The number of ether oxygens (including phenoxy) is 2. The van der Waals surface area contributed by atoms with Crippen LogP contribution in [0.2, 0.25) is 0 Å². The molecule has 1 aromatic heterocycles. The van der Waals surface area contributed by atoms with Crippen molar-refractivity contribution in [3.8, 4) is 5.88 Å². The van der Waals surface area contributed by atoms with Crippen molar-refractivity contribution >= 4 is 11.7 Å². The van der Waals surface area contributed by atoms with E-state index in [0.717, 1.165) is 12.3 Å². The van der Waals surface area contributed by atoms with Crippen LogP contribution in [0.4, 0.5) is 10.1 Å². The van der Waals surface area contributed by atoms with Crippen molar-refractivity contribution in [2.24, 2.45) is 5.92 Å². The molecule has 1 aliphatic rings. The second kappa shape index (κ2) is 7.15. The zero-order chi connectivity index (χ0) is 16.1. The monoisotopic (exact) mass is 312 g/mol. The summed E-state index contributed by atoms with van der Waals surface area (Å²) in [5, 5.41) is 10.5. The Kier molecular flexibility index (Phi) is 5.24. The summed E-state index contributed by atoms with van der Waals surface area (Å²) in [4.78, 5) is 25.1. The zero-order valence-electron chi connectivity index (χ0n) is 12.2. The van der Waals surface area contributed by atoms with Crippen LogP contribution in [0.15, 0.2) is 12.3 Å². The van der Waals surface area contributed by atoms with Gasteiger partial charge in [0.05, 0.1) is 23.5 Å². The summed E-state index contributed by atoms with van der Waals surface area (Å²) >= 11 is 0. The van der Waals surface area contributed by atoms with Gasteiger partial charge in [0.15, 0.2) is 5.82 Å². The van der Waals surface area contributed by atoms with Crippen LogP contribution in [0.5, 0.6) is 5.88 Å². The van der Waals surface area contributed by atoms with Crippen LogP contribution in [0.1, 0.15) is 32.6 Å². The molecule has 0 aromatic carbocycles. The first-order valence-electron chi connectivity index (χ1n) is 7.14. The highest BCUT2D eigenvalue weighted by atomic mass is 19.1. The molecule has 0 saturated heterocycles. The van der Waals surface area contributed by atoms with E-state index in [1.165, 1.54) is 0 Å². The molecule has 2 rings (SSSR count). The number of carbonyl (C=O) groups excluding carboxylic acids is 1. The molecule has 120 valence electrons. The normalized spacial score (nSPS) is 21.2. The van der Waals surface area contributed by atoms with E-state index in [4.69, 9.17) is 9.47 Å². The Morgan fingerprint density at radius 1 is 1.45 bits per heavy atom. The SMILES string of the molecule is CCOC(=O)C1CCC(Oc2ncc([N+](=O)[O-])cc2F)CC1. The third-order valence-corrected chi connectivity index (χ3v) is 3.58. The van der Waals surface area contributed by atoms with Gasteiger partial charge in [-0.15, -0.1) is 0 Å². The first-order valence-corrected chi connectivity index (χ1v) is 7.14. The quantitative estimate of drug-likeness (QED) is 0.471. The van der Waals surface area contributed by atoms with Gasteiger partial charge in [-0.05, 0) is 32.6 Å². The van der Waals surface area contributed by atoms with E-state index in [9.17, 15) is 19.3 Å². The fourth-order valence-corrected chi connectivity index (χ4v) is 2.44. The average molecular weight is 312 g/mol. The van der Waals surface area contributed by atoms with E-state index < -0.39 is 16.4 Å². The fraction of sp³-hybridized carbons (Fsp3) is 0.571. The van der Waals surface area contributed by atoms with E-state index in [0.29, 0.717) is 32.3 Å². The van der Waals surface area contributed by atoms with Crippen LogP contribution in [-0.2, 0) is 9.53 Å². The number of halogens is 1. The van der Waals surface area contributed by atoms with Gasteiger partial charge in [0, 0.05) is 0 Å². The van der Waals surface area contributed by atoms with Crippen molar-refractivity contribution in [2.75, 3.05) is 6.61 Å². The summed E-state index contributed by atoms with van der Waals surface area (Å²) in [6.45, 7) is 2.11. The summed E-state index contributed by atoms with van der Waals surface area (Å²) in [5.74, 6) is -1.46. The molecule has 1 aliphatic carbocycles. The molecule has 0 N–H and O–H groups in total. The summed E-state index contributed by atoms with van der Waals surface area (Å²) in [7, 11) is 0. The van der Waals surface area contributed by atoms with E-state index >= 15 is 0 Å². The van der Waals surface area contributed by atoms with Gasteiger partial charge in [-0.3, -0.25) is 14.9 Å². The average Bonchev–Trinajstić information content (AvgIpc) is 2.50. The maximum Gasteiger partial charge on any atom is 0.308 e. The number of carbonyl (C=O) groups is 1. The Hall–Kier alpha value is -2.25. The summed E-state index contributed by atoms with van der Waals surface area (Å²) in [6.07, 6.45) is 3.09. The molecule has 1 heterocycles. The van der Waals surface area contributed by atoms with Crippen molar-refractivity contribution in [1.29, 1.82) is 0 Å². The van der Waals surface area contributed by atoms with Crippen molar-refractivity contribution in [1.82, 2.24) is 4.98 Å². The van der Waals surface area contributed by atoms with Crippen LogP contribution in [0.3, 0.4) is 0 Å². The van der Waals surface area contributed by atoms with Gasteiger partial charge in [0.1, 0.15) is 12.3 Å². The van der Waals surface area contributed by atoms with Crippen LogP contribution in [0.25, 0.3) is 0 Å². The Labute approximate surface area is 126 Å². The molecule has 7 nitrogen and oxygen atoms in total. The van der Waals surface area contributed by atoms with Crippen LogP contribution in [0, 0.1) is 21.8 Å². The smallest absolute Gasteiger partial charge is 0.308 e. The first kappa shape index (κ1) is 16.1. The largest absolute Gasteiger partial charge is 0.472 e. The second-order valence-electron chi connectivity index (χ2n) is 5.08. The standard InChI is InChI=1S/C14H17FN2O5/c1-2-21-14(18)9-3-5-11(6-4-9)22-13-12(15)7-10(8-16-13)17(19)20/h7-9,11H,2-6H2,1H3. The molecule has 8 heteroatoms. The van der Waals surface area contributed by atoms with Gasteiger partial charge in [0.2, 0.25) is 0 Å². The number of nitro groups is 1. The van der Waals surface area contributed by atoms with E-state index in [1.54, 1.807) is 6.92 Å². The lowest BCUT2D eigenvalue weighted by Gasteiger charge is -2.27. The summed E-state index contributed by atoms with van der Waals surface area (Å²) in [6, 6.07) is 0.784. The Morgan fingerprint density at radius 3 is 2.68 bits per heavy atom. The molecule has 1 fully saturated rings. The Balaban J connectivity index is 1.91. The van der Waals surface area contributed by atoms with Crippen molar-refractivity contribution < 1.29 is 23.6 Å². The van der Waals surface area contributed by atoms with Crippen molar-refractivity contribution in [3.63, 3.8) is 0 Å². The maximum atomic E-state index is 13.7. The van der Waals surface area contributed by atoms with Gasteiger partial charge in [-0.2, -0.15) is 0 Å². The van der Waals surface area contributed by atoms with Gasteiger partial charge < -0.3 is 9.47 Å². The van der Waals surface area contributed by atoms with Crippen LogP contribution in [-0.4, -0.2) is 28.6 Å². The summed E-state index contributed by atoms with van der Waals surface area (Å²) < 4.78 is 24.1. The van der Waals surface area contributed by atoms with Crippen LogP contribution >= 0.6 is 0 Å². The zero-order valence-corrected chi connectivity index (χ0v) is 12.2. The van der Waals surface area contributed by atoms with Gasteiger partial charge in [-0.25, -0.2) is 9.37 Å². The molecule has 0 aliphatic heterocycles. The minimum absolute atomic E-state index is 0.144. The maximum absolute atomic E-state index is 13.7. The van der Waals surface area contributed by atoms with Crippen LogP contribution < -0.4 is 4.74 Å². The van der Waals surface area contributed by atoms with Crippen molar-refractivity contribution in [3.05, 3.63) is 28.2 Å². The van der Waals surface area contributed by atoms with E-state index in [1.807, 2.05) is 0 Å². The number of rotatable bonds is 5. The summed E-state index contributed by atoms with van der Waals surface area (Å²) in [5.41, 5.74) is -0.420. The highest BCUT2D eigenvalue weighted by molar-refractivity contribution is 5.72. The molecular formula is C14H17FN2O5. The van der Waals surface area contributed by atoms with Gasteiger partial charge >= 0.3 is 5.97 Å².